The molecule has 130 valence electrons. The zero-order chi connectivity index (χ0) is 18.0. The van der Waals surface area contributed by atoms with E-state index in [1.165, 1.54) is 11.1 Å². The summed E-state index contributed by atoms with van der Waals surface area (Å²) in [5.41, 5.74) is 0.0758. The Hall–Kier alpha value is -2.80. The first-order valence-corrected chi connectivity index (χ1v) is 8.05. The highest BCUT2D eigenvalue weighted by atomic mass is 16.4. The number of benzene rings is 1. The number of likely N-dealkylation sites (tertiary alicyclic amines) is 1. The lowest BCUT2D eigenvalue weighted by Crippen LogP contribution is -2.51. The van der Waals surface area contributed by atoms with Crippen molar-refractivity contribution in [3.05, 3.63) is 47.8 Å². The van der Waals surface area contributed by atoms with Crippen LogP contribution in [0.1, 0.15) is 28.9 Å². The molecule has 1 fully saturated rings. The van der Waals surface area contributed by atoms with E-state index in [1.807, 2.05) is 30.3 Å². The van der Waals surface area contributed by atoms with Crippen molar-refractivity contribution >= 4 is 11.9 Å². The minimum absolute atomic E-state index is 0.01000. The van der Waals surface area contributed by atoms with Crippen LogP contribution in [-0.2, 0) is 4.79 Å². The Labute approximate surface area is 145 Å². The van der Waals surface area contributed by atoms with E-state index >= 15 is 0 Å². The van der Waals surface area contributed by atoms with Crippen LogP contribution in [0.4, 0.5) is 0 Å². The van der Waals surface area contributed by atoms with Gasteiger partial charge in [0.05, 0.1) is 11.3 Å². The van der Waals surface area contributed by atoms with Crippen LogP contribution in [0, 0.1) is 6.92 Å². The molecule has 0 saturated carbocycles. The molecule has 3 rings (SSSR count). The van der Waals surface area contributed by atoms with E-state index in [1.54, 1.807) is 6.92 Å². The van der Waals surface area contributed by atoms with Gasteiger partial charge in [-0.25, -0.2) is 14.8 Å². The van der Waals surface area contributed by atoms with Crippen LogP contribution in [-0.4, -0.2) is 55.6 Å². The smallest absolute Gasteiger partial charge is 0.335 e. The topological polar surface area (TPSA) is 104 Å². The monoisotopic (exact) mass is 341 g/mol. The molecule has 1 aromatic heterocycles. The molecule has 2 heterocycles. The Bertz CT molecular complexity index is 799. The Balaban J connectivity index is 1.76. The number of aliphatic hydroxyl groups is 1. The summed E-state index contributed by atoms with van der Waals surface area (Å²) in [6, 6.07) is 9.49. The molecule has 0 spiro atoms. The number of amides is 1. The van der Waals surface area contributed by atoms with E-state index in [-0.39, 0.29) is 31.8 Å². The molecule has 0 unspecified atom stereocenters. The summed E-state index contributed by atoms with van der Waals surface area (Å²) in [5, 5.41) is 19.0. The number of carbonyl (C=O) groups is 2. The molecule has 1 saturated heterocycles. The van der Waals surface area contributed by atoms with Crippen LogP contribution in [0.3, 0.4) is 0 Å². The second-order valence-electron chi connectivity index (χ2n) is 6.19. The number of nitrogens with zero attached hydrogens (tertiary/aromatic N) is 3. The number of piperidine rings is 1. The van der Waals surface area contributed by atoms with E-state index in [0.29, 0.717) is 17.1 Å². The zero-order valence-corrected chi connectivity index (χ0v) is 13.8. The van der Waals surface area contributed by atoms with Crippen molar-refractivity contribution in [2.75, 3.05) is 13.1 Å². The molecule has 1 aliphatic rings. The molecule has 0 aliphatic carbocycles. The van der Waals surface area contributed by atoms with Gasteiger partial charge in [-0.1, -0.05) is 30.3 Å². The quantitative estimate of drug-likeness (QED) is 0.877. The summed E-state index contributed by atoms with van der Waals surface area (Å²) in [4.78, 5) is 34.0. The van der Waals surface area contributed by atoms with Gasteiger partial charge in [-0.05, 0) is 6.92 Å². The first-order chi connectivity index (χ1) is 11.9. The number of carboxylic acids is 1. The van der Waals surface area contributed by atoms with Gasteiger partial charge in [-0.15, -0.1) is 0 Å². The fraction of sp³-hybridized carbons (Fsp3) is 0.333. The Morgan fingerprint density at radius 3 is 2.36 bits per heavy atom. The second-order valence-corrected chi connectivity index (χ2v) is 6.19. The number of hydrogen-bond donors (Lipinski definition) is 2. The van der Waals surface area contributed by atoms with Crippen molar-refractivity contribution in [1.82, 2.24) is 14.9 Å². The number of carbonyl (C=O) groups excluding carboxylic acids is 1. The molecule has 1 amide bonds. The fourth-order valence-electron chi connectivity index (χ4n) is 2.87. The zero-order valence-electron chi connectivity index (χ0n) is 13.8. The van der Waals surface area contributed by atoms with Crippen molar-refractivity contribution in [2.45, 2.75) is 25.4 Å². The number of carboxylic acid groups (broad SMARTS) is 1. The van der Waals surface area contributed by atoms with Gasteiger partial charge in [0.2, 0.25) is 0 Å². The summed E-state index contributed by atoms with van der Waals surface area (Å²) in [5.74, 6) is -0.940. The van der Waals surface area contributed by atoms with Crippen LogP contribution in [0.5, 0.6) is 0 Å². The summed E-state index contributed by atoms with van der Waals surface area (Å²) in [7, 11) is 0. The Morgan fingerprint density at radius 2 is 1.80 bits per heavy atom. The van der Waals surface area contributed by atoms with Gasteiger partial charge < -0.3 is 15.1 Å². The molecule has 7 nitrogen and oxygen atoms in total. The maximum atomic E-state index is 12.7. The molecule has 0 atom stereocenters. The van der Waals surface area contributed by atoms with Crippen molar-refractivity contribution in [3.8, 4) is 11.4 Å². The third-order valence-electron chi connectivity index (χ3n) is 4.52. The van der Waals surface area contributed by atoms with Crippen LogP contribution in [0.25, 0.3) is 11.4 Å². The average molecular weight is 341 g/mol. The van der Waals surface area contributed by atoms with Gasteiger partial charge >= 0.3 is 5.97 Å². The molecular weight excluding hydrogens is 322 g/mol. The molecular formula is C18H19N3O4. The van der Waals surface area contributed by atoms with Gasteiger partial charge in [0.15, 0.2) is 11.4 Å². The highest BCUT2D eigenvalue weighted by molar-refractivity contribution is 5.95. The lowest BCUT2D eigenvalue weighted by molar-refractivity contribution is -0.162. The molecule has 2 N–H and O–H groups in total. The molecule has 0 radical (unpaired) electrons. The summed E-state index contributed by atoms with van der Waals surface area (Å²) in [6.45, 7) is 2.11. The van der Waals surface area contributed by atoms with E-state index in [0.717, 1.165) is 5.56 Å². The molecule has 2 aromatic rings. The highest BCUT2D eigenvalue weighted by Crippen LogP contribution is 2.24. The van der Waals surface area contributed by atoms with Crippen molar-refractivity contribution < 1.29 is 19.8 Å². The van der Waals surface area contributed by atoms with Gasteiger partial charge in [-0.3, -0.25) is 4.79 Å². The second kappa shape index (κ2) is 6.60. The van der Waals surface area contributed by atoms with E-state index in [2.05, 4.69) is 9.97 Å². The van der Waals surface area contributed by atoms with E-state index in [9.17, 15) is 14.7 Å². The van der Waals surface area contributed by atoms with Gasteiger partial charge in [-0.2, -0.15) is 0 Å². The molecule has 0 bridgehead atoms. The number of aryl methyl sites for hydroxylation is 1. The van der Waals surface area contributed by atoms with Crippen molar-refractivity contribution in [2.24, 2.45) is 0 Å². The molecule has 1 aromatic carbocycles. The maximum Gasteiger partial charge on any atom is 0.335 e. The standard InChI is InChI=1S/C18H19N3O4/c1-12-14(11-19-15(20-12)13-5-3-2-4-6-13)16(22)21-9-7-18(25,8-10-21)17(23)24/h2-6,11,25H,7-10H2,1H3,(H,23,24). The third-order valence-corrected chi connectivity index (χ3v) is 4.52. The predicted molar refractivity (Wildman–Crippen MR) is 89.9 cm³/mol. The number of hydrogen-bond acceptors (Lipinski definition) is 5. The molecule has 1 aliphatic heterocycles. The lowest BCUT2D eigenvalue weighted by atomic mass is 9.91. The first kappa shape index (κ1) is 17.0. The predicted octanol–water partition coefficient (Wildman–Crippen LogP) is 1.50. The van der Waals surface area contributed by atoms with Crippen LogP contribution >= 0.6 is 0 Å². The number of rotatable bonds is 3. The van der Waals surface area contributed by atoms with Crippen LogP contribution in [0.15, 0.2) is 36.5 Å². The molecule has 7 heteroatoms. The Kier molecular flexibility index (Phi) is 4.50. The SMILES string of the molecule is Cc1nc(-c2ccccc2)ncc1C(=O)N1CCC(O)(C(=O)O)CC1. The van der Waals surface area contributed by atoms with E-state index in [4.69, 9.17) is 5.11 Å². The minimum Gasteiger partial charge on any atom is -0.479 e. The number of aromatic nitrogens is 2. The summed E-state index contributed by atoms with van der Waals surface area (Å²) < 4.78 is 0. The maximum absolute atomic E-state index is 12.7. The van der Waals surface area contributed by atoms with Gasteiger partial charge in [0.1, 0.15) is 0 Å². The minimum atomic E-state index is -1.75. The summed E-state index contributed by atoms with van der Waals surface area (Å²) >= 11 is 0. The third kappa shape index (κ3) is 3.36. The van der Waals surface area contributed by atoms with Crippen molar-refractivity contribution in [3.63, 3.8) is 0 Å². The van der Waals surface area contributed by atoms with Crippen LogP contribution in [0.2, 0.25) is 0 Å². The normalized spacial score (nSPS) is 16.5. The van der Waals surface area contributed by atoms with Crippen LogP contribution < -0.4 is 0 Å². The van der Waals surface area contributed by atoms with E-state index < -0.39 is 11.6 Å². The molecule has 25 heavy (non-hydrogen) atoms. The largest absolute Gasteiger partial charge is 0.479 e. The average Bonchev–Trinajstić information content (AvgIpc) is 2.62. The lowest BCUT2D eigenvalue weighted by Gasteiger charge is -2.35. The summed E-state index contributed by atoms with van der Waals surface area (Å²) in [6.07, 6.45) is 1.52. The number of aliphatic carboxylic acids is 1. The highest BCUT2D eigenvalue weighted by Gasteiger charge is 2.40. The van der Waals surface area contributed by atoms with Crippen molar-refractivity contribution in [1.29, 1.82) is 0 Å². The Morgan fingerprint density at radius 1 is 1.16 bits per heavy atom. The van der Waals surface area contributed by atoms with Gasteiger partial charge in [0.25, 0.3) is 5.91 Å². The first-order valence-electron chi connectivity index (χ1n) is 8.05. The fourth-order valence-corrected chi connectivity index (χ4v) is 2.87. The van der Waals surface area contributed by atoms with Gasteiger partial charge in [0, 0.05) is 37.7 Å².